The van der Waals surface area contributed by atoms with Gasteiger partial charge in [-0.2, -0.15) is 5.10 Å². The summed E-state index contributed by atoms with van der Waals surface area (Å²) < 4.78 is 7.50. The summed E-state index contributed by atoms with van der Waals surface area (Å²) in [5.41, 5.74) is 2.03. The van der Waals surface area contributed by atoms with Gasteiger partial charge in [0.15, 0.2) is 0 Å². The van der Waals surface area contributed by atoms with Crippen molar-refractivity contribution in [2.75, 3.05) is 18.5 Å². The van der Waals surface area contributed by atoms with Gasteiger partial charge in [0.2, 0.25) is 5.91 Å². The van der Waals surface area contributed by atoms with E-state index in [1.54, 1.807) is 29.2 Å². The van der Waals surface area contributed by atoms with Crippen molar-refractivity contribution in [1.82, 2.24) is 20.1 Å². The average molecular weight is 476 g/mol. The Kier molecular flexibility index (Phi) is 8.27. The lowest BCUT2D eigenvalue weighted by Gasteiger charge is -2.19. The Morgan fingerprint density at radius 3 is 2.56 bits per heavy atom. The van der Waals surface area contributed by atoms with Gasteiger partial charge in [0.1, 0.15) is 24.2 Å². The Labute approximate surface area is 203 Å². The number of carbonyl (C=O) groups is 1. The first-order valence-corrected chi connectivity index (χ1v) is 11.4. The van der Waals surface area contributed by atoms with E-state index in [-0.39, 0.29) is 5.91 Å². The van der Waals surface area contributed by atoms with E-state index >= 15 is 0 Å². The highest BCUT2D eigenvalue weighted by atomic mass is 35.5. The molecular weight excluding hydrogens is 450 g/mol. The van der Waals surface area contributed by atoms with E-state index in [9.17, 15) is 4.79 Å². The van der Waals surface area contributed by atoms with Gasteiger partial charge in [-0.05, 0) is 47.9 Å². The van der Waals surface area contributed by atoms with Gasteiger partial charge in [0.25, 0.3) is 0 Å². The molecule has 2 aromatic heterocycles. The SMILES string of the molecule is O=C(Nc1ccc(OCCn2cccn2)cn1)[C@@H](NCCc1ccc(Cl)cc1)c1ccccc1. The second-order valence-electron chi connectivity index (χ2n) is 7.66. The van der Waals surface area contributed by atoms with Crippen LogP contribution in [0.5, 0.6) is 5.75 Å². The number of rotatable bonds is 11. The van der Waals surface area contributed by atoms with Crippen molar-refractivity contribution < 1.29 is 9.53 Å². The van der Waals surface area contributed by atoms with Crippen LogP contribution < -0.4 is 15.4 Å². The molecule has 0 spiro atoms. The first kappa shape index (κ1) is 23.5. The van der Waals surface area contributed by atoms with Crippen molar-refractivity contribution in [3.8, 4) is 5.75 Å². The lowest BCUT2D eigenvalue weighted by atomic mass is 10.1. The third-order valence-electron chi connectivity index (χ3n) is 5.21. The van der Waals surface area contributed by atoms with Crippen LogP contribution in [0, 0.1) is 0 Å². The highest BCUT2D eigenvalue weighted by molar-refractivity contribution is 6.30. The van der Waals surface area contributed by atoms with Crippen LogP contribution in [0.25, 0.3) is 0 Å². The number of anilines is 1. The van der Waals surface area contributed by atoms with Gasteiger partial charge in [0.05, 0.1) is 12.7 Å². The molecule has 8 heteroatoms. The van der Waals surface area contributed by atoms with Gasteiger partial charge < -0.3 is 15.4 Å². The van der Waals surface area contributed by atoms with Crippen LogP contribution in [0.3, 0.4) is 0 Å². The quantitative estimate of drug-likeness (QED) is 0.333. The minimum Gasteiger partial charge on any atom is -0.490 e. The van der Waals surface area contributed by atoms with Crippen LogP contribution in [0.4, 0.5) is 5.82 Å². The molecule has 1 amide bonds. The van der Waals surface area contributed by atoms with Crippen LogP contribution in [0.2, 0.25) is 5.02 Å². The molecule has 0 aliphatic heterocycles. The highest BCUT2D eigenvalue weighted by Crippen LogP contribution is 2.18. The number of nitrogens with zero attached hydrogens (tertiary/aromatic N) is 3. The minimum absolute atomic E-state index is 0.179. The molecule has 2 aromatic carbocycles. The van der Waals surface area contributed by atoms with Crippen LogP contribution >= 0.6 is 11.6 Å². The molecule has 0 saturated carbocycles. The molecule has 0 bridgehead atoms. The summed E-state index contributed by atoms with van der Waals surface area (Å²) in [6.07, 6.45) is 5.99. The van der Waals surface area contributed by atoms with Gasteiger partial charge in [-0.15, -0.1) is 0 Å². The van der Waals surface area contributed by atoms with E-state index in [1.807, 2.05) is 66.9 Å². The Bertz CT molecular complexity index is 1150. The molecular formula is C26H26ClN5O2. The van der Waals surface area contributed by atoms with Gasteiger partial charge in [-0.3, -0.25) is 9.48 Å². The Morgan fingerprint density at radius 1 is 1.03 bits per heavy atom. The Hall–Kier alpha value is -3.68. The van der Waals surface area contributed by atoms with Crippen molar-refractivity contribution in [1.29, 1.82) is 0 Å². The maximum Gasteiger partial charge on any atom is 0.247 e. The summed E-state index contributed by atoms with van der Waals surface area (Å²) in [5.74, 6) is 0.915. The number of amides is 1. The van der Waals surface area contributed by atoms with Crippen LogP contribution in [-0.4, -0.2) is 33.8 Å². The third kappa shape index (κ3) is 6.91. The summed E-state index contributed by atoms with van der Waals surface area (Å²) in [6.45, 7) is 1.75. The number of benzene rings is 2. The van der Waals surface area contributed by atoms with Crippen molar-refractivity contribution >= 4 is 23.3 Å². The number of carbonyl (C=O) groups excluding carboxylic acids is 1. The zero-order chi connectivity index (χ0) is 23.6. The number of pyridine rings is 1. The van der Waals surface area contributed by atoms with E-state index in [1.165, 1.54) is 0 Å². The Morgan fingerprint density at radius 2 is 1.85 bits per heavy atom. The number of halogens is 1. The molecule has 1 atom stereocenters. The summed E-state index contributed by atoms with van der Waals surface area (Å²) in [7, 11) is 0. The number of nitrogens with one attached hydrogen (secondary N) is 2. The van der Waals surface area contributed by atoms with Gasteiger partial charge >= 0.3 is 0 Å². The molecule has 2 heterocycles. The summed E-state index contributed by atoms with van der Waals surface area (Å²) >= 11 is 5.96. The van der Waals surface area contributed by atoms with Crippen molar-refractivity contribution in [2.45, 2.75) is 19.0 Å². The molecule has 0 fully saturated rings. The predicted octanol–water partition coefficient (Wildman–Crippen LogP) is 4.52. The predicted molar refractivity (Wildman–Crippen MR) is 133 cm³/mol. The molecule has 0 aliphatic rings. The number of hydrogen-bond acceptors (Lipinski definition) is 5. The van der Waals surface area contributed by atoms with E-state index in [0.29, 0.717) is 36.3 Å². The normalized spacial score (nSPS) is 11.7. The zero-order valence-corrected chi connectivity index (χ0v) is 19.4. The number of hydrogen-bond donors (Lipinski definition) is 2. The molecule has 0 saturated heterocycles. The maximum atomic E-state index is 13.1. The molecule has 0 radical (unpaired) electrons. The fourth-order valence-electron chi connectivity index (χ4n) is 3.45. The lowest BCUT2D eigenvalue weighted by molar-refractivity contribution is -0.118. The van der Waals surface area contributed by atoms with E-state index in [4.69, 9.17) is 16.3 Å². The molecule has 4 aromatic rings. The maximum absolute atomic E-state index is 13.1. The number of ether oxygens (including phenoxy) is 1. The summed E-state index contributed by atoms with van der Waals surface area (Å²) in [6, 6.07) is 22.2. The molecule has 2 N–H and O–H groups in total. The van der Waals surface area contributed by atoms with Gasteiger partial charge in [0, 0.05) is 24.0 Å². The molecule has 0 unspecified atom stereocenters. The lowest BCUT2D eigenvalue weighted by Crippen LogP contribution is -2.34. The standard InChI is InChI=1S/C26H26ClN5O2/c27-22-9-7-20(8-10-22)13-15-28-25(21-5-2-1-3-6-21)26(33)31-24-12-11-23(19-29-24)34-18-17-32-16-4-14-30-32/h1-12,14,16,19,25,28H,13,15,17-18H2,(H,29,31,33)/t25-/m0/s1. The van der Waals surface area contributed by atoms with Crippen molar-refractivity contribution in [3.05, 3.63) is 108 Å². The fourth-order valence-corrected chi connectivity index (χ4v) is 3.57. The van der Waals surface area contributed by atoms with Crippen LogP contribution in [0.15, 0.2) is 91.4 Å². The molecule has 7 nitrogen and oxygen atoms in total. The Balaban J connectivity index is 1.33. The third-order valence-corrected chi connectivity index (χ3v) is 5.46. The first-order chi connectivity index (χ1) is 16.7. The monoisotopic (exact) mass is 475 g/mol. The first-order valence-electron chi connectivity index (χ1n) is 11.1. The summed E-state index contributed by atoms with van der Waals surface area (Å²) in [5, 5.41) is 11.1. The van der Waals surface area contributed by atoms with E-state index in [0.717, 1.165) is 17.5 Å². The van der Waals surface area contributed by atoms with Crippen molar-refractivity contribution in [2.24, 2.45) is 0 Å². The van der Waals surface area contributed by atoms with E-state index in [2.05, 4.69) is 20.7 Å². The van der Waals surface area contributed by atoms with Gasteiger partial charge in [-0.1, -0.05) is 54.1 Å². The second-order valence-corrected chi connectivity index (χ2v) is 8.10. The summed E-state index contributed by atoms with van der Waals surface area (Å²) in [4.78, 5) is 17.4. The molecule has 4 rings (SSSR count). The largest absolute Gasteiger partial charge is 0.490 e. The van der Waals surface area contributed by atoms with Crippen LogP contribution in [-0.2, 0) is 17.8 Å². The topological polar surface area (TPSA) is 81.1 Å². The zero-order valence-electron chi connectivity index (χ0n) is 18.6. The second kappa shape index (κ2) is 12.0. The average Bonchev–Trinajstić information content (AvgIpc) is 3.38. The molecule has 0 aliphatic carbocycles. The van der Waals surface area contributed by atoms with Crippen molar-refractivity contribution in [3.63, 3.8) is 0 Å². The molecule has 34 heavy (non-hydrogen) atoms. The van der Waals surface area contributed by atoms with Crippen LogP contribution in [0.1, 0.15) is 17.2 Å². The fraction of sp³-hybridized carbons (Fsp3) is 0.192. The minimum atomic E-state index is -0.514. The van der Waals surface area contributed by atoms with Gasteiger partial charge in [-0.25, -0.2) is 4.98 Å². The van der Waals surface area contributed by atoms with E-state index < -0.39 is 6.04 Å². The molecule has 174 valence electrons. The smallest absolute Gasteiger partial charge is 0.247 e. The number of aromatic nitrogens is 3. The highest BCUT2D eigenvalue weighted by Gasteiger charge is 2.20.